The molecule has 0 aromatic heterocycles. The number of hydrogen-bond donors (Lipinski definition) is 1. The first-order chi connectivity index (χ1) is 7.92. The van der Waals surface area contributed by atoms with Crippen molar-refractivity contribution in [2.24, 2.45) is 5.90 Å². The Labute approximate surface area is 102 Å². The fourth-order valence-corrected chi connectivity index (χ4v) is 3.44. The largest absolute Gasteiger partial charge is 0.304 e. The van der Waals surface area contributed by atoms with Crippen LogP contribution >= 0.6 is 11.8 Å². The topological polar surface area (TPSA) is 35.2 Å². The van der Waals surface area contributed by atoms with Crippen molar-refractivity contribution < 1.29 is 4.84 Å². The summed E-state index contributed by atoms with van der Waals surface area (Å²) in [5.41, 5.74) is 2.92. The third-order valence-electron chi connectivity index (χ3n) is 3.21. The summed E-state index contributed by atoms with van der Waals surface area (Å²) in [5, 5.41) is 0. The Bertz CT molecular complexity index is 323. The van der Waals surface area contributed by atoms with Gasteiger partial charge in [-0.15, -0.1) is 0 Å². The molecular formula is C13H19NOS. The first-order valence-corrected chi connectivity index (χ1v) is 7.04. The Morgan fingerprint density at radius 3 is 2.75 bits per heavy atom. The Morgan fingerprint density at radius 1 is 1.25 bits per heavy atom. The second-order valence-electron chi connectivity index (χ2n) is 4.21. The molecule has 1 aliphatic heterocycles. The molecule has 0 unspecified atom stereocenters. The molecule has 2 N–H and O–H groups in total. The van der Waals surface area contributed by atoms with Crippen LogP contribution in [0, 0.1) is 0 Å². The van der Waals surface area contributed by atoms with E-state index in [1.54, 1.807) is 0 Å². The van der Waals surface area contributed by atoms with Crippen LogP contribution in [-0.4, -0.2) is 18.1 Å². The second kappa shape index (κ2) is 6.28. The van der Waals surface area contributed by atoms with Crippen LogP contribution in [0.2, 0.25) is 0 Å². The average molecular weight is 237 g/mol. The van der Waals surface area contributed by atoms with E-state index >= 15 is 0 Å². The lowest BCUT2D eigenvalue weighted by Crippen LogP contribution is -2.12. The highest BCUT2D eigenvalue weighted by molar-refractivity contribution is 7.99. The van der Waals surface area contributed by atoms with Gasteiger partial charge in [0.2, 0.25) is 0 Å². The van der Waals surface area contributed by atoms with Gasteiger partial charge in [0, 0.05) is 0 Å². The van der Waals surface area contributed by atoms with Gasteiger partial charge in [-0.2, -0.15) is 11.8 Å². The molecule has 16 heavy (non-hydrogen) atoms. The van der Waals surface area contributed by atoms with Gasteiger partial charge in [0.25, 0.3) is 0 Å². The highest BCUT2D eigenvalue weighted by Gasteiger charge is 2.17. The van der Waals surface area contributed by atoms with Gasteiger partial charge < -0.3 is 4.84 Å². The van der Waals surface area contributed by atoms with E-state index in [0.717, 1.165) is 12.3 Å². The molecular weight excluding hydrogens is 218 g/mol. The highest BCUT2D eigenvalue weighted by Crippen LogP contribution is 2.33. The van der Waals surface area contributed by atoms with E-state index in [1.807, 2.05) is 0 Å². The fourth-order valence-electron chi connectivity index (χ4n) is 2.34. The number of rotatable bonds is 4. The van der Waals surface area contributed by atoms with E-state index in [9.17, 15) is 0 Å². The van der Waals surface area contributed by atoms with Gasteiger partial charge in [-0.3, -0.25) is 0 Å². The lowest BCUT2D eigenvalue weighted by Gasteiger charge is -2.24. The van der Waals surface area contributed by atoms with Crippen LogP contribution in [-0.2, 0) is 11.3 Å². The van der Waals surface area contributed by atoms with Gasteiger partial charge in [0.15, 0.2) is 0 Å². The van der Waals surface area contributed by atoms with E-state index in [2.05, 4.69) is 40.9 Å². The van der Waals surface area contributed by atoms with Gasteiger partial charge in [-0.05, 0) is 47.8 Å². The zero-order valence-corrected chi connectivity index (χ0v) is 10.3. The number of thioether (sulfide) groups is 1. The van der Waals surface area contributed by atoms with Crippen molar-refractivity contribution >= 4 is 11.8 Å². The second-order valence-corrected chi connectivity index (χ2v) is 5.43. The molecule has 1 aromatic rings. The minimum absolute atomic E-state index is 0.610. The lowest BCUT2D eigenvalue weighted by atomic mass is 9.89. The van der Waals surface area contributed by atoms with Crippen LogP contribution in [0.1, 0.15) is 29.9 Å². The van der Waals surface area contributed by atoms with Crippen LogP contribution in [0.4, 0.5) is 0 Å². The Kier molecular flexibility index (Phi) is 4.69. The molecule has 1 fully saturated rings. The van der Waals surface area contributed by atoms with E-state index in [-0.39, 0.29) is 0 Å². The normalized spacial score (nSPS) is 17.6. The number of hydrogen-bond acceptors (Lipinski definition) is 3. The van der Waals surface area contributed by atoms with Crippen molar-refractivity contribution in [1.29, 1.82) is 0 Å². The van der Waals surface area contributed by atoms with Crippen molar-refractivity contribution in [3.63, 3.8) is 0 Å². The Balaban J connectivity index is 2.11. The first-order valence-electron chi connectivity index (χ1n) is 5.89. The maximum atomic E-state index is 5.10. The molecule has 3 heteroatoms. The predicted octanol–water partition coefficient (Wildman–Crippen LogP) is 2.73. The van der Waals surface area contributed by atoms with Crippen molar-refractivity contribution in [3.05, 3.63) is 35.4 Å². The molecule has 2 rings (SSSR count). The van der Waals surface area contributed by atoms with E-state index in [1.165, 1.54) is 35.5 Å². The van der Waals surface area contributed by atoms with Gasteiger partial charge in [0.1, 0.15) is 0 Å². The molecule has 0 aliphatic carbocycles. The van der Waals surface area contributed by atoms with Gasteiger partial charge in [0.05, 0.1) is 6.61 Å². The molecule has 1 heterocycles. The van der Waals surface area contributed by atoms with Crippen molar-refractivity contribution in [2.75, 3.05) is 18.1 Å². The summed E-state index contributed by atoms with van der Waals surface area (Å²) in [6.45, 7) is 0.610. The third kappa shape index (κ3) is 3.00. The summed E-state index contributed by atoms with van der Waals surface area (Å²) < 4.78 is 0. The zero-order chi connectivity index (χ0) is 11.2. The Hall–Kier alpha value is -0.510. The SMILES string of the molecule is NOCCc1ccccc1C1CCSCC1. The third-order valence-corrected chi connectivity index (χ3v) is 4.25. The van der Waals surface area contributed by atoms with Gasteiger partial charge in [-0.1, -0.05) is 24.3 Å². The Morgan fingerprint density at radius 2 is 2.00 bits per heavy atom. The van der Waals surface area contributed by atoms with Crippen LogP contribution < -0.4 is 5.90 Å². The summed E-state index contributed by atoms with van der Waals surface area (Å²) in [7, 11) is 0. The standard InChI is InChI=1S/C13H19NOS/c14-15-8-5-11-3-1-2-4-13(11)12-6-9-16-10-7-12/h1-4,12H,5-10,14H2. The minimum Gasteiger partial charge on any atom is -0.304 e. The molecule has 1 aliphatic rings. The average Bonchev–Trinajstić information content (AvgIpc) is 2.38. The summed E-state index contributed by atoms with van der Waals surface area (Å²) >= 11 is 2.07. The molecule has 88 valence electrons. The van der Waals surface area contributed by atoms with Crippen LogP contribution in [0.3, 0.4) is 0 Å². The molecule has 0 bridgehead atoms. The van der Waals surface area contributed by atoms with Crippen molar-refractivity contribution in [1.82, 2.24) is 0 Å². The van der Waals surface area contributed by atoms with Gasteiger partial charge in [-0.25, -0.2) is 5.90 Å². The van der Waals surface area contributed by atoms with Crippen LogP contribution in [0.25, 0.3) is 0 Å². The van der Waals surface area contributed by atoms with Crippen LogP contribution in [0.5, 0.6) is 0 Å². The molecule has 0 saturated carbocycles. The smallest absolute Gasteiger partial charge is 0.0719 e. The summed E-state index contributed by atoms with van der Waals surface area (Å²) in [6.07, 6.45) is 3.55. The van der Waals surface area contributed by atoms with E-state index in [4.69, 9.17) is 5.90 Å². The fraction of sp³-hybridized carbons (Fsp3) is 0.538. The number of benzene rings is 1. The monoisotopic (exact) mass is 237 g/mol. The summed E-state index contributed by atoms with van der Waals surface area (Å²) in [5.74, 6) is 8.44. The molecule has 0 radical (unpaired) electrons. The maximum absolute atomic E-state index is 5.10. The molecule has 0 spiro atoms. The predicted molar refractivity (Wildman–Crippen MR) is 69.6 cm³/mol. The van der Waals surface area contributed by atoms with E-state index in [0.29, 0.717) is 6.61 Å². The first kappa shape index (κ1) is 12.0. The molecule has 1 aromatic carbocycles. The molecule has 0 amide bonds. The molecule has 0 atom stereocenters. The van der Waals surface area contributed by atoms with Crippen molar-refractivity contribution in [3.8, 4) is 0 Å². The maximum Gasteiger partial charge on any atom is 0.0719 e. The van der Waals surface area contributed by atoms with Crippen LogP contribution in [0.15, 0.2) is 24.3 Å². The quantitative estimate of drug-likeness (QED) is 0.818. The van der Waals surface area contributed by atoms with Crippen molar-refractivity contribution in [2.45, 2.75) is 25.2 Å². The molecule has 2 nitrogen and oxygen atoms in total. The van der Waals surface area contributed by atoms with E-state index < -0.39 is 0 Å². The number of nitrogens with two attached hydrogens (primary N) is 1. The lowest BCUT2D eigenvalue weighted by molar-refractivity contribution is 0.141. The van der Waals surface area contributed by atoms with Gasteiger partial charge >= 0.3 is 0 Å². The summed E-state index contributed by atoms with van der Waals surface area (Å²) in [4.78, 5) is 4.68. The summed E-state index contributed by atoms with van der Waals surface area (Å²) in [6, 6.07) is 8.72. The zero-order valence-electron chi connectivity index (χ0n) is 9.52. The molecule has 1 saturated heterocycles. The highest BCUT2D eigenvalue weighted by atomic mass is 32.2. The minimum atomic E-state index is 0.610.